The van der Waals surface area contributed by atoms with Crippen LogP contribution in [0, 0.1) is 27.7 Å². The molecule has 0 saturated carbocycles. The lowest BCUT2D eigenvalue weighted by Gasteiger charge is -2.12. The van der Waals surface area contributed by atoms with Gasteiger partial charge in [-0.15, -0.1) is 0 Å². The Bertz CT molecular complexity index is 826. The van der Waals surface area contributed by atoms with Crippen LogP contribution in [0.5, 0.6) is 0 Å². The lowest BCUT2D eigenvalue weighted by molar-refractivity contribution is 0.0314. The number of hydrogen-bond acceptors (Lipinski definition) is 7. The first-order valence-electron chi connectivity index (χ1n) is 7.64. The second-order valence-electron chi connectivity index (χ2n) is 5.73. The number of aryl methyl sites for hydroxylation is 3. The van der Waals surface area contributed by atoms with Gasteiger partial charge < -0.3 is 19.0 Å². The van der Waals surface area contributed by atoms with E-state index in [9.17, 15) is 14.4 Å². The zero-order chi connectivity index (χ0) is 18.9. The maximum atomic E-state index is 12.6. The first kappa shape index (κ1) is 18.4. The van der Waals surface area contributed by atoms with E-state index in [-0.39, 0.29) is 11.3 Å². The summed E-state index contributed by atoms with van der Waals surface area (Å²) < 4.78 is 14.9. The molecular formula is C17H20N2O6. The van der Waals surface area contributed by atoms with Crippen LogP contribution >= 0.6 is 0 Å². The number of carbonyl (C=O) groups excluding carboxylic acids is 3. The minimum Gasteiger partial charge on any atom is -0.465 e. The van der Waals surface area contributed by atoms with E-state index in [2.05, 4.69) is 10.1 Å². The van der Waals surface area contributed by atoms with Gasteiger partial charge in [0.25, 0.3) is 0 Å². The summed E-state index contributed by atoms with van der Waals surface area (Å²) in [5.41, 5.74) is 2.06. The number of carbonyl (C=O) groups is 3. The Kier molecular flexibility index (Phi) is 5.10. The largest absolute Gasteiger partial charge is 0.465 e. The van der Waals surface area contributed by atoms with E-state index in [4.69, 9.17) is 14.0 Å². The van der Waals surface area contributed by atoms with Crippen LogP contribution in [0.2, 0.25) is 0 Å². The van der Waals surface area contributed by atoms with Gasteiger partial charge in [-0.25, -0.2) is 9.59 Å². The van der Waals surface area contributed by atoms with Gasteiger partial charge in [-0.2, -0.15) is 0 Å². The van der Waals surface area contributed by atoms with Gasteiger partial charge in [-0.05, 0) is 40.2 Å². The van der Waals surface area contributed by atoms with Crippen molar-refractivity contribution in [3.8, 4) is 0 Å². The van der Waals surface area contributed by atoms with Crippen molar-refractivity contribution in [2.75, 3.05) is 7.11 Å². The number of nitrogens with one attached hydrogen (secondary N) is 1. The predicted molar refractivity (Wildman–Crippen MR) is 86.8 cm³/mol. The molecule has 1 N–H and O–H groups in total. The summed E-state index contributed by atoms with van der Waals surface area (Å²) in [6.07, 6.45) is -1.05. The summed E-state index contributed by atoms with van der Waals surface area (Å²) >= 11 is 0. The molecule has 0 aliphatic carbocycles. The van der Waals surface area contributed by atoms with Gasteiger partial charge in [0.05, 0.1) is 24.1 Å². The molecule has 0 unspecified atom stereocenters. The van der Waals surface area contributed by atoms with Crippen LogP contribution in [0.1, 0.15) is 60.8 Å². The Morgan fingerprint density at radius 3 is 2.24 bits per heavy atom. The lowest BCUT2D eigenvalue weighted by Crippen LogP contribution is -2.25. The summed E-state index contributed by atoms with van der Waals surface area (Å²) in [6, 6.07) is 0. The third-order valence-electron chi connectivity index (χ3n) is 3.96. The highest BCUT2D eigenvalue weighted by molar-refractivity contribution is 6.04. The maximum absolute atomic E-state index is 12.6. The van der Waals surface area contributed by atoms with Crippen molar-refractivity contribution >= 4 is 17.7 Å². The number of H-pyrrole nitrogens is 1. The van der Waals surface area contributed by atoms with Gasteiger partial charge in [-0.3, -0.25) is 4.79 Å². The van der Waals surface area contributed by atoms with Crippen LogP contribution in [-0.4, -0.2) is 41.1 Å². The highest BCUT2D eigenvalue weighted by atomic mass is 16.5. The van der Waals surface area contributed by atoms with Crippen LogP contribution < -0.4 is 0 Å². The number of methoxy groups -OCH3 is 1. The zero-order valence-electron chi connectivity index (χ0n) is 15.0. The number of Topliss-reactive ketones (excluding diaryl/α,β-unsaturated/α-hetero) is 1. The van der Waals surface area contributed by atoms with E-state index >= 15 is 0 Å². The van der Waals surface area contributed by atoms with Gasteiger partial charge in [0.2, 0.25) is 5.78 Å². The second-order valence-corrected chi connectivity index (χ2v) is 5.73. The highest BCUT2D eigenvalue weighted by Crippen LogP contribution is 2.21. The van der Waals surface area contributed by atoms with Crippen LogP contribution in [-0.2, 0) is 9.47 Å². The van der Waals surface area contributed by atoms with E-state index in [0.29, 0.717) is 28.3 Å². The number of nitrogens with zero attached hydrogens (tertiary/aromatic N) is 1. The Labute approximate surface area is 144 Å². The number of ether oxygens (including phenoxy) is 2. The first-order chi connectivity index (χ1) is 11.7. The smallest absolute Gasteiger partial charge is 0.344 e. The van der Waals surface area contributed by atoms with Crippen molar-refractivity contribution in [2.24, 2.45) is 0 Å². The summed E-state index contributed by atoms with van der Waals surface area (Å²) in [5.74, 6) is -1.35. The number of esters is 2. The van der Waals surface area contributed by atoms with Crippen molar-refractivity contribution < 1.29 is 28.4 Å². The fraction of sp³-hybridized carbons (Fsp3) is 0.412. The van der Waals surface area contributed by atoms with Gasteiger partial charge >= 0.3 is 11.9 Å². The van der Waals surface area contributed by atoms with Crippen LogP contribution in [0.25, 0.3) is 0 Å². The Balaban J connectivity index is 2.24. The van der Waals surface area contributed by atoms with E-state index in [1.165, 1.54) is 14.0 Å². The maximum Gasteiger partial charge on any atom is 0.344 e. The van der Waals surface area contributed by atoms with Gasteiger partial charge in [0.1, 0.15) is 11.3 Å². The molecule has 0 bridgehead atoms. The third-order valence-corrected chi connectivity index (χ3v) is 3.96. The fourth-order valence-corrected chi connectivity index (χ4v) is 2.66. The molecule has 0 amide bonds. The average molecular weight is 348 g/mol. The molecule has 0 aliphatic rings. The molecule has 8 heteroatoms. The molecular weight excluding hydrogens is 328 g/mol. The van der Waals surface area contributed by atoms with Crippen molar-refractivity contribution in [1.82, 2.24) is 10.1 Å². The SMILES string of the molecule is COC(=O)c1c(C)[nH]c(C(=O)[C@H](C)OC(=O)c2c(C)noc2C)c1C. The van der Waals surface area contributed by atoms with E-state index < -0.39 is 23.8 Å². The Hall–Kier alpha value is -2.90. The normalized spacial score (nSPS) is 11.9. The number of aromatic nitrogens is 2. The molecule has 0 saturated heterocycles. The van der Waals surface area contributed by atoms with Crippen molar-refractivity contribution in [2.45, 2.75) is 40.7 Å². The Morgan fingerprint density at radius 1 is 1.08 bits per heavy atom. The molecule has 25 heavy (non-hydrogen) atoms. The quantitative estimate of drug-likeness (QED) is 0.652. The molecule has 134 valence electrons. The monoisotopic (exact) mass is 348 g/mol. The standard InChI is InChI=1S/C17H20N2O6/c1-7-12(16(21)23-6)8(2)18-14(7)15(20)11(5)24-17(22)13-9(3)19-25-10(13)4/h11,18H,1-6H3/t11-/m0/s1. The molecule has 2 rings (SSSR count). The summed E-state index contributed by atoms with van der Waals surface area (Å²) in [5, 5.41) is 3.69. The van der Waals surface area contributed by atoms with Gasteiger partial charge in [-0.1, -0.05) is 5.16 Å². The molecule has 2 heterocycles. The molecule has 0 radical (unpaired) electrons. The van der Waals surface area contributed by atoms with Gasteiger partial charge in [0, 0.05) is 5.69 Å². The lowest BCUT2D eigenvalue weighted by atomic mass is 10.1. The highest BCUT2D eigenvalue weighted by Gasteiger charge is 2.29. The summed E-state index contributed by atoms with van der Waals surface area (Å²) in [7, 11) is 1.27. The molecule has 2 aromatic rings. The molecule has 0 spiro atoms. The average Bonchev–Trinajstić information content (AvgIpc) is 3.04. The predicted octanol–water partition coefficient (Wildman–Crippen LogP) is 2.45. The zero-order valence-corrected chi connectivity index (χ0v) is 15.0. The molecule has 2 aromatic heterocycles. The van der Waals surface area contributed by atoms with Crippen LogP contribution in [0.15, 0.2) is 4.52 Å². The fourth-order valence-electron chi connectivity index (χ4n) is 2.66. The van der Waals surface area contributed by atoms with E-state index in [0.717, 1.165) is 0 Å². The first-order valence-corrected chi connectivity index (χ1v) is 7.64. The topological polar surface area (TPSA) is 111 Å². The summed E-state index contributed by atoms with van der Waals surface area (Å²) in [6.45, 7) is 7.96. The molecule has 0 aliphatic heterocycles. The molecule has 8 nitrogen and oxygen atoms in total. The number of rotatable bonds is 5. The minimum atomic E-state index is -1.05. The minimum absolute atomic E-state index is 0.203. The van der Waals surface area contributed by atoms with Crippen LogP contribution in [0.3, 0.4) is 0 Å². The van der Waals surface area contributed by atoms with E-state index in [1.54, 1.807) is 27.7 Å². The van der Waals surface area contributed by atoms with E-state index in [1.807, 2.05) is 0 Å². The van der Waals surface area contributed by atoms with Crippen molar-refractivity contribution in [1.29, 1.82) is 0 Å². The van der Waals surface area contributed by atoms with Crippen LogP contribution in [0.4, 0.5) is 0 Å². The number of aromatic amines is 1. The number of ketones is 1. The van der Waals surface area contributed by atoms with Crippen molar-refractivity contribution in [3.05, 3.63) is 39.5 Å². The molecule has 0 aromatic carbocycles. The van der Waals surface area contributed by atoms with Gasteiger partial charge in [0.15, 0.2) is 6.10 Å². The third kappa shape index (κ3) is 3.33. The molecule has 1 atom stereocenters. The van der Waals surface area contributed by atoms with Crippen molar-refractivity contribution in [3.63, 3.8) is 0 Å². The molecule has 0 fully saturated rings. The second kappa shape index (κ2) is 6.92. The number of hydrogen-bond donors (Lipinski definition) is 1. The summed E-state index contributed by atoms with van der Waals surface area (Å²) in [4.78, 5) is 39.5. The Morgan fingerprint density at radius 2 is 1.72 bits per heavy atom.